The lowest BCUT2D eigenvalue weighted by Gasteiger charge is -2.35. The van der Waals surface area contributed by atoms with Crippen LogP contribution in [-0.2, 0) is 82.1 Å². The van der Waals surface area contributed by atoms with Gasteiger partial charge in [-0.05, 0) is 67.0 Å². The Morgan fingerprint density at radius 3 is 1.14 bits per heavy atom. The molecular formula is C55H70N6O10. The number of carbonyl (C=O) groups excluding carboxylic acids is 7. The zero-order valence-corrected chi connectivity index (χ0v) is 41.5. The van der Waals surface area contributed by atoms with Gasteiger partial charge in [0.1, 0.15) is 18.8 Å². The normalized spacial score (nSPS) is 13.6. The van der Waals surface area contributed by atoms with Crippen LogP contribution < -0.4 is 11.1 Å². The van der Waals surface area contributed by atoms with Crippen LogP contribution in [0.25, 0.3) is 0 Å². The molecule has 16 nitrogen and oxygen atoms in total. The first kappa shape index (κ1) is 54.9. The van der Waals surface area contributed by atoms with E-state index in [1.807, 2.05) is 135 Å². The quantitative estimate of drug-likeness (QED) is 0.0812. The van der Waals surface area contributed by atoms with Crippen molar-refractivity contribution in [1.29, 1.82) is 0 Å². The van der Waals surface area contributed by atoms with Crippen LogP contribution in [0.1, 0.15) is 92.7 Å². The number of hydrogen-bond donors (Lipinski definition) is 2. The minimum absolute atomic E-state index is 0.0423. The number of aryl methyl sites for hydroxylation is 2. The highest BCUT2D eigenvalue weighted by molar-refractivity contribution is 5.83. The van der Waals surface area contributed by atoms with Crippen LogP contribution in [0.2, 0.25) is 0 Å². The molecule has 71 heavy (non-hydrogen) atoms. The van der Waals surface area contributed by atoms with Crippen molar-refractivity contribution in [1.82, 2.24) is 24.9 Å². The van der Waals surface area contributed by atoms with Gasteiger partial charge in [0.05, 0.1) is 12.8 Å². The van der Waals surface area contributed by atoms with Crippen molar-refractivity contribution in [3.8, 4) is 0 Å². The summed E-state index contributed by atoms with van der Waals surface area (Å²) in [6.45, 7) is 10.7. The highest BCUT2D eigenvalue weighted by atomic mass is 16.6. The van der Waals surface area contributed by atoms with Crippen molar-refractivity contribution in [3.05, 3.63) is 143 Å². The van der Waals surface area contributed by atoms with Gasteiger partial charge < -0.3 is 44.9 Å². The van der Waals surface area contributed by atoms with Crippen molar-refractivity contribution in [2.45, 2.75) is 104 Å². The van der Waals surface area contributed by atoms with Gasteiger partial charge in [0.2, 0.25) is 23.6 Å². The summed E-state index contributed by atoms with van der Waals surface area (Å²) in [6, 6.07) is 34.6. The number of nitrogens with one attached hydrogen (secondary N) is 1. The summed E-state index contributed by atoms with van der Waals surface area (Å²) in [7, 11) is 0. The zero-order valence-electron chi connectivity index (χ0n) is 41.5. The van der Waals surface area contributed by atoms with E-state index in [1.165, 1.54) is 0 Å². The van der Waals surface area contributed by atoms with E-state index in [4.69, 9.17) is 19.9 Å². The number of carbonyl (C=O) groups is 7. The van der Waals surface area contributed by atoms with Gasteiger partial charge in [-0.3, -0.25) is 28.8 Å². The summed E-state index contributed by atoms with van der Waals surface area (Å²) in [5, 5.41) is 2.73. The van der Waals surface area contributed by atoms with Crippen LogP contribution in [-0.4, -0.2) is 119 Å². The molecule has 4 aromatic carbocycles. The van der Waals surface area contributed by atoms with Crippen molar-refractivity contribution < 1.29 is 47.8 Å². The molecular weight excluding hydrogens is 905 g/mol. The first-order chi connectivity index (χ1) is 34.1. The Hall–Kier alpha value is -7.07. The molecule has 4 aromatic rings. The molecule has 0 radical (unpaired) electrons. The molecule has 2 heterocycles. The van der Waals surface area contributed by atoms with Crippen LogP contribution in [0, 0.1) is 0 Å². The Morgan fingerprint density at radius 2 is 0.789 bits per heavy atom. The smallest absolute Gasteiger partial charge is 0.407 e. The molecule has 0 bridgehead atoms. The van der Waals surface area contributed by atoms with Gasteiger partial charge in [-0.25, -0.2) is 4.79 Å². The van der Waals surface area contributed by atoms with Crippen molar-refractivity contribution >= 4 is 41.7 Å². The Bertz CT molecular complexity index is 2320. The van der Waals surface area contributed by atoms with Crippen LogP contribution in [0.15, 0.2) is 109 Å². The maximum Gasteiger partial charge on any atom is 0.407 e. The first-order valence-electron chi connectivity index (χ1n) is 24.5. The molecule has 0 saturated carbocycles. The largest absolute Gasteiger partial charge is 0.461 e. The molecule has 0 spiro atoms. The van der Waals surface area contributed by atoms with E-state index >= 15 is 0 Å². The number of esters is 2. The number of nitrogens with two attached hydrogens (primary N) is 1. The highest BCUT2D eigenvalue weighted by Gasteiger charge is 2.26. The fraction of sp³-hybridized carbons (Fsp3) is 0.436. The summed E-state index contributed by atoms with van der Waals surface area (Å²) in [4.78, 5) is 92.9. The van der Waals surface area contributed by atoms with E-state index in [2.05, 4.69) is 5.32 Å². The average molecular weight is 975 g/mol. The van der Waals surface area contributed by atoms with Gasteiger partial charge in [0, 0.05) is 91.1 Å². The van der Waals surface area contributed by atoms with Crippen molar-refractivity contribution in [2.24, 2.45) is 5.73 Å². The summed E-state index contributed by atoms with van der Waals surface area (Å²) >= 11 is 0. The van der Waals surface area contributed by atoms with Gasteiger partial charge in [-0.1, -0.05) is 109 Å². The van der Waals surface area contributed by atoms with E-state index in [1.54, 1.807) is 14.7 Å². The number of amides is 5. The molecule has 2 saturated heterocycles. The lowest BCUT2D eigenvalue weighted by molar-refractivity contribution is -0.148. The molecule has 0 aromatic heterocycles. The van der Waals surface area contributed by atoms with Gasteiger partial charge in [-0.2, -0.15) is 0 Å². The van der Waals surface area contributed by atoms with E-state index < -0.39 is 17.7 Å². The molecule has 380 valence electrons. The molecule has 0 aliphatic carbocycles. The topological polar surface area (TPSA) is 198 Å². The summed E-state index contributed by atoms with van der Waals surface area (Å²) in [6.07, 6.45) is 2.01. The number of ether oxygens (including phenoxy) is 3. The Balaban J connectivity index is 0.000000269. The predicted octanol–water partition coefficient (Wildman–Crippen LogP) is 6.11. The standard InChI is InChI=1S/C30H39N3O6.C25H31N3O4/c1-30(2,3)39-29(37)31-21-24-11-9-23(10-12-24)13-14-26(34)32-17-19-33(20-18-32)27(35)15-16-28(36)38-22-25-7-5-4-6-8-25;26-18-21-8-6-20(7-9-21)10-11-23(29)27-14-16-28(17-15-27)24(30)12-13-25(31)32-19-22-4-2-1-3-5-22/h4-12H,13-22H2,1-3H3,(H,31,37);1-9H,10-19,26H2. The second-order valence-electron chi connectivity index (χ2n) is 18.5. The number of rotatable bonds is 19. The number of nitrogens with zero attached hydrogens (tertiary/aromatic N) is 4. The number of piperazine rings is 2. The molecule has 2 aliphatic rings. The number of hydrogen-bond acceptors (Lipinski definition) is 11. The maximum absolute atomic E-state index is 12.7. The fourth-order valence-corrected chi connectivity index (χ4v) is 7.74. The molecule has 3 N–H and O–H groups in total. The average Bonchev–Trinajstić information content (AvgIpc) is 3.39. The summed E-state index contributed by atoms with van der Waals surface area (Å²) < 4.78 is 15.7. The molecule has 6 rings (SSSR count). The monoisotopic (exact) mass is 975 g/mol. The molecule has 0 atom stereocenters. The van der Waals surface area contributed by atoms with Crippen LogP contribution in [0.5, 0.6) is 0 Å². The van der Waals surface area contributed by atoms with Crippen molar-refractivity contribution in [3.63, 3.8) is 0 Å². The van der Waals surface area contributed by atoms with Crippen molar-refractivity contribution in [2.75, 3.05) is 52.4 Å². The second-order valence-corrected chi connectivity index (χ2v) is 18.5. The molecule has 5 amide bonds. The zero-order chi connectivity index (χ0) is 51.0. The predicted molar refractivity (Wildman–Crippen MR) is 268 cm³/mol. The lowest BCUT2D eigenvalue weighted by atomic mass is 10.1. The second kappa shape index (κ2) is 28.6. The molecule has 2 aliphatic heterocycles. The molecule has 16 heteroatoms. The minimum atomic E-state index is -0.540. The SMILES string of the molecule is CC(C)(C)OC(=O)NCc1ccc(CCC(=O)N2CCN(C(=O)CCC(=O)OCc3ccccc3)CC2)cc1.NCc1ccc(CCC(=O)N2CCN(C(=O)CCC(=O)OCc3ccccc3)CC2)cc1. The van der Waals surface area contributed by atoms with Gasteiger partial charge in [0.15, 0.2) is 0 Å². The Labute approximate surface area is 417 Å². The third-order valence-electron chi connectivity index (χ3n) is 11.9. The third kappa shape index (κ3) is 20.4. The Kier molecular flexibility index (Phi) is 22.1. The Morgan fingerprint density at radius 1 is 0.451 bits per heavy atom. The van der Waals surface area contributed by atoms with Crippen LogP contribution in [0.3, 0.4) is 0 Å². The van der Waals surface area contributed by atoms with E-state index in [-0.39, 0.29) is 68.5 Å². The molecule has 2 fully saturated rings. The fourth-order valence-electron chi connectivity index (χ4n) is 7.74. The van der Waals surface area contributed by atoms with Gasteiger partial charge in [-0.15, -0.1) is 0 Å². The summed E-state index contributed by atoms with van der Waals surface area (Å²) in [5.74, 6) is -0.788. The molecule has 0 unspecified atom stereocenters. The van der Waals surface area contributed by atoms with Gasteiger partial charge >= 0.3 is 18.0 Å². The first-order valence-corrected chi connectivity index (χ1v) is 24.5. The van der Waals surface area contributed by atoms with E-state index in [0.717, 1.165) is 33.4 Å². The lowest BCUT2D eigenvalue weighted by Crippen LogP contribution is -2.50. The van der Waals surface area contributed by atoms with E-state index in [9.17, 15) is 33.6 Å². The van der Waals surface area contributed by atoms with Crippen LogP contribution >= 0.6 is 0 Å². The number of benzene rings is 4. The van der Waals surface area contributed by atoms with Gasteiger partial charge in [0.25, 0.3) is 0 Å². The third-order valence-corrected chi connectivity index (χ3v) is 11.9. The summed E-state index contributed by atoms with van der Waals surface area (Å²) in [5.41, 5.74) is 11.1. The van der Waals surface area contributed by atoms with Crippen LogP contribution in [0.4, 0.5) is 4.79 Å². The maximum atomic E-state index is 12.7. The minimum Gasteiger partial charge on any atom is -0.461 e. The number of alkyl carbamates (subject to hydrolysis) is 1. The van der Waals surface area contributed by atoms with E-state index in [0.29, 0.717) is 91.1 Å². The highest BCUT2D eigenvalue weighted by Crippen LogP contribution is 2.15.